The van der Waals surface area contributed by atoms with Gasteiger partial charge in [-0.1, -0.05) is 25.5 Å². The summed E-state index contributed by atoms with van der Waals surface area (Å²) in [6.07, 6.45) is 4.51. The van der Waals surface area contributed by atoms with E-state index < -0.39 is 0 Å². The van der Waals surface area contributed by atoms with Crippen molar-refractivity contribution in [3.63, 3.8) is 0 Å². The van der Waals surface area contributed by atoms with Crippen LogP contribution >= 0.6 is 11.3 Å². The summed E-state index contributed by atoms with van der Waals surface area (Å²) in [6, 6.07) is 13.3. The molecule has 0 spiro atoms. The standard InChI is InChI=1S/C19H17FN2S/c1-2-3-9-22-10-8-13-4-5-14(11-17(13)22)19-21-16-7-6-15(20)12-18(16)23-19/h4-8,10-12H,2-3,9H2,1H3. The highest BCUT2D eigenvalue weighted by molar-refractivity contribution is 7.21. The Morgan fingerprint density at radius 1 is 1.13 bits per heavy atom. The first-order valence-electron chi connectivity index (χ1n) is 7.90. The average Bonchev–Trinajstić information content (AvgIpc) is 3.15. The predicted molar refractivity (Wildman–Crippen MR) is 95.4 cm³/mol. The Hall–Kier alpha value is -2.20. The van der Waals surface area contributed by atoms with Crippen molar-refractivity contribution in [2.75, 3.05) is 0 Å². The molecule has 2 nitrogen and oxygen atoms in total. The van der Waals surface area contributed by atoms with Gasteiger partial charge in [0.2, 0.25) is 0 Å². The van der Waals surface area contributed by atoms with Crippen molar-refractivity contribution in [3.05, 3.63) is 54.5 Å². The number of nitrogens with zero attached hydrogens (tertiary/aromatic N) is 2. The molecule has 2 aromatic carbocycles. The number of benzene rings is 2. The Morgan fingerprint density at radius 2 is 2.04 bits per heavy atom. The molecule has 0 amide bonds. The van der Waals surface area contributed by atoms with E-state index in [4.69, 9.17) is 0 Å². The number of thiazole rings is 1. The maximum absolute atomic E-state index is 13.4. The van der Waals surface area contributed by atoms with Crippen LogP contribution in [0.5, 0.6) is 0 Å². The van der Waals surface area contributed by atoms with Crippen molar-refractivity contribution >= 4 is 32.5 Å². The third-order valence-electron chi connectivity index (χ3n) is 4.12. The molecule has 0 aliphatic carbocycles. The number of hydrogen-bond acceptors (Lipinski definition) is 2. The van der Waals surface area contributed by atoms with Gasteiger partial charge in [0.25, 0.3) is 0 Å². The molecule has 0 radical (unpaired) electrons. The van der Waals surface area contributed by atoms with Gasteiger partial charge in [-0.2, -0.15) is 0 Å². The van der Waals surface area contributed by atoms with E-state index in [1.165, 1.54) is 41.1 Å². The lowest BCUT2D eigenvalue weighted by Gasteiger charge is -2.05. The summed E-state index contributed by atoms with van der Waals surface area (Å²) in [4.78, 5) is 4.65. The molecule has 2 aromatic heterocycles. The van der Waals surface area contributed by atoms with Gasteiger partial charge >= 0.3 is 0 Å². The van der Waals surface area contributed by atoms with E-state index in [2.05, 4.69) is 46.9 Å². The van der Waals surface area contributed by atoms with E-state index >= 15 is 0 Å². The molecular weight excluding hydrogens is 307 g/mol. The summed E-state index contributed by atoms with van der Waals surface area (Å²) in [5.74, 6) is -0.211. The van der Waals surface area contributed by atoms with E-state index in [1.807, 2.05) is 0 Å². The molecule has 23 heavy (non-hydrogen) atoms. The van der Waals surface area contributed by atoms with Gasteiger partial charge < -0.3 is 4.57 Å². The summed E-state index contributed by atoms with van der Waals surface area (Å²) >= 11 is 1.54. The largest absolute Gasteiger partial charge is 0.347 e. The van der Waals surface area contributed by atoms with Crippen molar-refractivity contribution in [1.29, 1.82) is 0 Å². The second-order valence-electron chi connectivity index (χ2n) is 5.77. The van der Waals surface area contributed by atoms with E-state index in [1.54, 1.807) is 12.1 Å². The smallest absolute Gasteiger partial charge is 0.124 e. The van der Waals surface area contributed by atoms with E-state index in [-0.39, 0.29) is 5.82 Å². The topological polar surface area (TPSA) is 17.8 Å². The highest BCUT2D eigenvalue weighted by Crippen LogP contribution is 2.32. The maximum atomic E-state index is 13.4. The molecule has 0 saturated carbocycles. The fraction of sp³-hybridized carbons (Fsp3) is 0.211. The summed E-state index contributed by atoms with van der Waals surface area (Å²) in [7, 11) is 0. The van der Waals surface area contributed by atoms with Crippen LogP contribution in [0.2, 0.25) is 0 Å². The van der Waals surface area contributed by atoms with E-state index in [9.17, 15) is 4.39 Å². The van der Waals surface area contributed by atoms with Gasteiger partial charge in [0.15, 0.2) is 0 Å². The number of hydrogen-bond donors (Lipinski definition) is 0. The first kappa shape index (κ1) is 14.4. The van der Waals surface area contributed by atoms with Crippen LogP contribution in [0.15, 0.2) is 48.7 Å². The summed E-state index contributed by atoms with van der Waals surface area (Å²) < 4.78 is 16.6. The monoisotopic (exact) mass is 324 g/mol. The molecule has 0 saturated heterocycles. The Labute approximate surface area is 138 Å². The van der Waals surface area contributed by atoms with Crippen LogP contribution in [-0.4, -0.2) is 9.55 Å². The first-order valence-corrected chi connectivity index (χ1v) is 8.71. The lowest BCUT2D eigenvalue weighted by molar-refractivity contribution is 0.630. The third kappa shape index (κ3) is 2.63. The van der Waals surface area contributed by atoms with Crippen LogP contribution in [-0.2, 0) is 6.54 Å². The molecule has 2 heterocycles. The van der Waals surface area contributed by atoms with Crippen LogP contribution in [0.3, 0.4) is 0 Å². The molecule has 116 valence electrons. The molecule has 0 bridgehead atoms. The van der Waals surface area contributed by atoms with Gasteiger partial charge in [-0.15, -0.1) is 11.3 Å². The second kappa shape index (κ2) is 5.78. The van der Waals surface area contributed by atoms with Crippen LogP contribution in [0.4, 0.5) is 4.39 Å². The number of halogens is 1. The fourth-order valence-electron chi connectivity index (χ4n) is 2.86. The highest BCUT2D eigenvalue weighted by Gasteiger charge is 2.09. The quantitative estimate of drug-likeness (QED) is 0.460. The van der Waals surface area contributed by atoms with Gasteiger partial charge in [-0.25, -0.2) is 9.37 Å². The normalized spacial score (nSPS) is 11.6. The van der Waals surface area contributed by atoms with Crippen molar-refractivity contribution < 1.29 is 4.39 Å². The Morgan fingerprint density at radius 3 is 2.91 bits per heavy atom. The molecule has 0 N–H and O–H groups in total. The van der Waals surface area contributed by atoms with Crippen LogP contribution in [0, 0.1) is 5.82 Å². The summed E-state index contributed by atoms with van der Waals surface area (Å²) in [5, 5.41) is 2.19. The van der Waals surface area contributed by atoms with Crippen LogP contribution in [0.1, 0.15) is 19.8 Å². The SMILES string of the molecule is CCCCn1ccc2ccc(-c3nc4ccc(F)cc4s3)cc21. The maximum Gasteiger partial charge on any atom is 0.124 e. The fourth-order valence-corrected chi connectivity index (χ4v) is 3.85. The van der Waals surface area contributed by atoms with Crippen molar-refractivity contribution in [1.82, 2.24) is 9.55 Å². The van der Waals surface area contributed by atoms with Crippen molar-refractivity contribution in [3.8, 4) is 10.6 Å². The van der Waals surface area contributed by atoms with E-state index in [0.717, 1.165) is 27.3 Å². The van der Waals surface area contributed by atoms with E-state index in [0.29, 0.717) is 0 Å². The zero-order chi connectivity index (χ0) is 15.8. The Balaban J connectivity index is 1.80. The molecule has 4 aromatic rings. The van der Waals surface area contributed by atoms with Gasteiger partial charge in [0, 0.05) is 23.8 Å². The minimum atomic E-state index is -0.211. The number of aryl methyl sites for hydroxylation is 1. The van der Waals surface area contributed by atoms with Gasteiger partial charge in [-0.05, 0) is 42.1 Å². The molecule has 0 aliphatic heterocycles. The molecular formula is C19H17FN2S. The number of fused-ring (bicyclic) bond motifs is 2. The highest BCUT2D eigenvalue weighted by atomic mass is 32.1. The van der Waals surface area contributed by atoms with Crippen molar-refractivity contribution in [2.24, 2.45) is 0 Å². The molecule has 0 fully saturated rings. The average molecular weight is 324 g/mol. The van der Waals surface area contributed by atoms with Crippen molar-refractivity contribution in [2.45, 2.75) is 26.3 Å². The Bertz CT molecular complexity index is 984. The molecule has 0 aliphatic rings. The second-order valence-corrected chi connectivity index (χ2v) is 6.80. The molecule has 0 unspecified atom stereocenters. The summed E-state index contributed by atoms with van der Waals surface area (Å²) in [5.41, 5.74) is 3.19. The zero-order valence-corrected chi connectivity index (χ0v) is 13.7. The number of rotatable bonds is 4. The van der Waals surface area contributed by atoms with Crippen LogP contribution in [0.25, 0.3) is 31.7 Å². The predicted octanol–water partition coefficient (Wildman–Crippen LogP) is 5.86. The lowest BCUT2D eigenvalue weighted by Crippen LogP contribution is -1.95. The zero-order valence-electron chi connectivity index (χ0n) is 12.9. The molecule has 0 atom stereocenters. The number of unbranched alkanes of at least 4 members (excludes halogenated alkanes) is 1. The lowest BCUT2D eigenvalue weighted by atomic mass is 10.1. The minimum absolute atomic E-state index is 0.211. The summed E-state index contributed by atoms with van der Waals surface area (Å²) in [6.45, 7) is 3.24. The number of aromatic nitrogens is 2. The minimum Gasteiger partial charge on any atom is -0.347 e. The van der Waals surface area contributed by atoms with Gasteiger partial charge in [0.05, 0.1) is 10.2 Å². The molecule has 4 rings (SSSR count). The van der Waals surface area contributed by atoms with Crippen LogP contribution < -0.4 is 0 Å². The van der Waals surface area contributed by atoms with Gasteiger partial charge in [-0.3, -0.25) is 0 Å². The third-order valence-corrected chi connectivity index (χ3v) is 5.19. The van der Waals surface area contributed by atoms with Gasteiger partial charge in [0.1, 0.15) is 10.8 Å². The first-order chi connectivity index (χ1) is 11.2. The Kier molecular flexibility index (Phi) is 3.62. The molecule has 4 heteroatoms.